The molecule has 2 fully saturated rings. The molecule has 1 amide bonds. The lowest BCUT2D eigenvalue weighted by molar-refractivity contribution is -0.117. The Bertz CT molecular complexity index is 1200. The molecule has 156 valence electrons. The normalized spacial score (nSPS) is 20.5. The number of pyridine rings is 1. The van der Waals surface area contributed by atoms with Gasteiger partial charge >= 0.3 is 0 Å². The topological polar surface area (TPSA) is 104 Å². The van der Waals surface area contributed by atoms with E-state index in [-0.39, 0.29) is 29.4 Å². The van der Waals surface area contributed by atoms with Crippen molar-refractivity contribution in [2.24, 2.45) is 5.92 Å². The molecule has 5 rings (SSSR count). The number of carbonyl (C=O) groups is 1. The summed E-state index contributed by atoms with van der Waals surface area (Å²) in [7, 11) is -2.87. The van der Waals surface area contributed by atoms with E-state index in [0.29, 0.717) is 18.8 Å². The predicted molar refractivity (Wildman–Crippen MR) is 117 cm³/mol. The average molecular weight is 425 g/mol. The molecule has 2 aromatic heterocycles. The van der Waals surface area contributed by atoms with E-state index in [1.54, 1.807) is 0 Å². The van der Waals surface area contributed by atoms with Gasteiger partial charge in [-0.2, -0.15) is 0 Å². The van der Waals surface area contributed by atoms with E-state index in [9.17, 15) is 13.2 Å². The first-order valence-corrected chi connectivity index (χ1v) is 12.1. The lowest BCUT2D eigenvalue weighted by Crippen LogP contribution is -2.29. The minimum Gasteiger partial charge on any atom is -0.346 e. The summed E-state index contributed by atoms with van der Waals surface area (Å²) in [4.78, 5) is 19.8. The van der Waals surface area contributed by atoms with Crippen molar-refractivity contribution in [3.8, 4) is 11.1 Å². The van der Waals surface area contributed by atoms with Gasteiger partial charge in [0.1, 0.15) is 11.5 Å². The van der Waals surface area contributed by atoms with Gasteiger partial charge in [-0.25, -0.2) is 13.4 Å². The molecule has 1 saturated heterocycles. The van der Waals surface area contributed by atoms with Gasteiger partial charge in [0.15, 0.2) is 9.84 Å². The Labute approximate surface area is 175 Å². The van der Waals surface area contributed by atoms with Crippen LogP contribution in [0.2, 0.25) is 0 Å². The Morgan fingerprint density at radius 2 is 1.93 bits per heavy atom. The summed E-state index contributed by atoms with van der Waals surface area (Å²) in [6, 6.07) is 12.1. The van der Waals surface area contributed by atoms with Crippen LogP contribution in [0.15, 0.2) is 42.6 Å². The summed E-state index contributed by atoms with van der Waals surface area (Å²) in [5.74, 6) is 1.22. The Morgan fingerprint density at radius 3 is 2.63 bits per heavy atom. The van der Waals surface area contributed by atoms with Crippen molar-refractivity contribution in [3.05, 3.63) is 48.2 Å². The van der Waals surface area contributed by atoms with Crippen molar-refractivity contribution in [1.29, 1.82) is 0 Å². The zero-order chi connectivity index (χ0) is 20.7. The van der Waals surface area contributed by atoms with Gasteiger partial charge in [-0.15, -0.1) is 0 Å². The lowest BCUT2D eigenvalue weighted by Gasteiger charge is -2.12. The quantitative estimate of drug-likeness (QED) is 0.565. The number of benzene rings is 1. The molecule has 30 heavy (non-hydrogen) atoms. The Kier molecular flexibility index (Phi) is 4.83. The third-order valence-electron chi connectivity index (χ3n) is 5.82. The van der Waals surface area contributed by atoms with E-state index < -0.39 is 9.84 Å². The fourth-order valence-electron chi connectivity index (χ4n) is 3.93. The number of anilines is 1. The van der Waals surface area contributed by atoms with Crippen LogP contribution >= 0.6 is 0 Å². The van der Waals surface area contributed by atoms with Crippen molar-refractivity contribution in [2.75, 3.05) is 16.8 Å². The minimum atomic E-state index is -2.87. The third-order valence-corrected chi connectivity index (χ3v) is 7.59. The first kappa shape index (κ1) is 19.3. The SMILES string of the molecule is O=C(Nc1cc(-c2ccc(CNC3CCS(=O)(=O)C3)cc2)c2cc[nH]c2n1)C1CC1. The summed E-state index contributed by atoms with van der Waals surface area (Å²) in [5, 5.41) is 7.28. The van der Waals surface area contributed by atoms with Gasteiger partial charge in [0.25, 0.3) is 0 Å². The number of nitrogens with one attached hydrogen (secondary N) is 3. The largest absolute Gasteiger partial charge is 0.346 e. The molecule has 0 radical (unpaired) electrons. The maximum Gasteiger partial charge on any atom is 0.228 e. The Hall–Kier alpha value is -2.71. The highest BCUT2D eigenvalue weighted by molar-refractivity contribution is 7.91. The number of fused-ring (bicyclic) bond motifs is 1. The van der Waals surface area contributed by atoms with Crippen LogP contribution in [-0.4, -0.2) is 41.8 Å². The zero-order valence-corrected chi connectivity index (χ0v) is 17.3. The fourth-order valence-corrected chi connectivity index (χ4v) is 5.64. The molecule has 1 aliphatic carbocycles. The maximum absolute atomic E-state index is 12.2. The molecular formula is C22H24N4O3S. The van der Waals surface area contributed by atoms with Gasteiger partial charge in [-0.3, -0.25) is 4.79 Å². The number of hydrogen-bond acceptors (Lipinski definition) is 5. The summed E-state index contributed by atoms with van der Waals surface area (Å²) < 4.78 is 23.2. The average Bonchev–Trinajstić information content (AvgIpc) is 3.38. The number of rotatable bonds is 6. The van der Waals surface area contributed by atoms with E-state index in [4.69, 9.17) is 0 Å². The van der Waals surface area contributed by atoms with E-state index >= 15 is 0 Å². The molecule has 8 heteroatoms. The molecular weight excluding hydrogens is 400 g/mol. The maximum atomic E-state index is 12.2. The summed E-state index contributed by atoms with van der Waals surface area (Å²) in [6.45, 7) is 0.638. The number of nitrogens with zero attached hydrogens (tertiary/aromatic N) is 1. The molecule has 1 unspecified atom stereocenters. The first-order valence-electron chi connectivity index (χ1n) is 10.3. The van der Waals surface area contributed by atoms with Crippen molar-refractivity contribution in [3.63, 3.8) is 0 Å². The second kappa shape index (κ2) is 7.52. The Morgan fingerprint density at radius 1 is 1.13 bits per heavy atom. The molecule has 7 nitrogen and oxygen atoms in total. The lowest BCUT2D eigenvalue weighted by atomic mass is 10.0. The van der Waals surface area contributed by atoms with Crippen molar-refractivity contribution in [2.45, 2.75) is 31.8 Å². The summed E-state index contributed by atoms with van der Waals surface area (Å²) in [6.07, 6.45) is 4.43. The van der Waals surface area contributed by atoms with E-state index in [2.05, 4.69) is 32.7 Å². The highest BCUT2D eigenvalue weighted by Crippen LogP contribution is 2.33. The van der Waals surface area contributed by atoms with Crippen LogP contribution in [0.5, 0.6) is 0 Å². The number of aromatic nitrogens is 2. The van der Waals surface area contributed by atoms with Crippen LogP contribution < -0.4 is 10.6 Å². The second-order valence-electron chi connectivity index (χ2n) is 8.24. The van der Waals surface area contributed by atoms with Gasteiger partial charge in [0, 0.05) is 30.1 Å². The van der Waals surface area contributed by atoms with Gasteiger partial charge in [-0.1, -0.05) is 24.3 Å². The van der Waals surface area contributed by atoms with Crippen molar-refractivity contribution < 1.29 is 13.2 Å². The fraction of sp³-hybridized carbons (Fsp3) is 0.364. The number of hydrogen-bond donors (Lipinski definition) is 3. The molecule has 1 atom stereocenters. The van der Waals surface area contributed by atoms with E-state index in [1.807, 2.05) is 30.5 Å². The van der Waals surface area contributed by atoms with Crippen LogP contribution in [0.1, 0.15) is 24.8 Å². The number of amides is 1. The first-order chi connectivity index (χ1) is 14.5. The molecule has 1 aromatic carbocycles. The predicted octanol–water partition coefficient (Wildman–Crippen LogP) is 2.86. The molecule has 1 saturated carbocycles. The Balaban J connectivity index is 1.34. The molecule has 2 aliphatic rings. The van der Waals surface area contributed by atoms with Crippen LogP contribution in [0, 0.1) is 5.92 Å². The molecule has 3 heterocycles. The highest BCUT2D eigenvalue weighted by Gasteiger charge is 2.30. The molecule has 1 aliphatic heterocycles. The van der Waals surface area contributed by atoms with Crippen LogP contribution in [-0.2, 0) is 21.2 Å². The van der Waals surface area contributed by atoms with Crippen molar-refractivity contribution in [1.82, 2.24) is 15.3 Å². The third kappa shape index (κ3) is 4.11. The zero-order valence-electron chi connectivity index (χ0n) is 16.5. The van der Waals surface area contributed by atoms with Gasteiger partial charge in [-0.05, 0) is 48.1 Å². The summed E-state index contributed by atoms with van der Waals surface area (Å²) in [5.41, 5.74) is 3.89. The van der Waals surface area contributed by atoms with Gasteiger partial charge in [0.2, 0.25) is 5.91 Å². The van der Waals surface area contributed by atoms with Crippen LogP contribution in [0.4, 0.5) is 5.82 Å². The molecule has 3 N–H and O–H groups in total. The van der Waals surface area contributed by atoms with Crippen LogP contribution in [0.3, 0.4) is 0 Å². The molecule has 0 bridgehead atoms. The number of carbonyl (C=O) groups excluding carboxylic acids is 1. The van der Waals surface area contributed by atoms with Gasteiger partial charge in [0.05, 0.1) is 11.5 Å². The minimum absolute atomic E-state index is 0.0343. The van der Waals surface area contributed by atoms with Crippen molar-refractivity contribution >= 4 is 32.6 Å². The monoisotopic (exact) mass is 424 g/mol. The molecule has 0 spiro atoms. The van der Waals surface area contributed by atoms with Crippen LogP contribution in [0.25, 0.3) is 22.2 Å². The standard InChI is InChI=1S/C22H24N4O3S/c27-22(16-5-6-16)26-20-11-19(18-7-9-23-21(18)25-20)15-3-1-14(2-4-15)12-24-17-8-10-30(28,29)13-17/h1-4,7,9,11,16-17,24H,5-6,8,10,12-13H2,(H2,23,25,26,27). The smallest absolute Gasteiger partial charge is 0.228 e. The number of sulfone groups is 1. The van der Waals surface area contributed by atoms with E-state index in [0.717, 1.165) is 40.6 Å². The second-order valence-corrected chi connectivity index (χ2v) is 10.5. The molecule has 3 aromatic rings. The summed E-state index contributed by atoms with van der Waals surface area (Å²) >= 11 is 0. The number of aromatic amines is 1. The van der Waals surface area contributed by atoms with E-state index in [1.165, 1.54) is 0 Å². The van der Waals surface area contributed by atoms with Gasteiger partial charge < -0.3 is 15.6 Å². The number of H-pyrrole nitrogens is 1. The highest BCUT2D eigenvalue weighted by atomic mass is 32.2.